The van der Waals surface area contributed by atoms with Crippen molar-refractivity contribution < 1.29 is 4.79 Å². The van der Waals surface area contributed by atoms with Crippen molar-refractivity contribution in [2.24, 2.45) is 0 Å². The van der Waals surface area contributed by atoms with E-state index in [4.69, 9.17) is 11.6 Å². The van der Waals surface area contributed by atoms with E-state index in [1.54, 1.807) is 12.1 Å². The van der Waals surface area contributed by atoms with E-state index >= 15 is 0 Å². The Kier molecular flexibility index (Phi) is 5.23. The number of carbonyl (C=O) groups excluding carboxylic acids is 1. The number of benzene rings is 2. The van der Waals surface area contributed by atoms with E-state index in [2.05, 4.69) is 10.3 Å². The SMILES string of the molecule is O=C(CCn1cnc2scc(-c3ccc(Cl)cc3)c2c1=O)Nc1ccccc1. The molecular weight excluding hydrogens is 394 g/mol. The second kappa shape index (κ2) is 7.96. The van der Waals surface area contributed by atoms with Crippen LogP contribution in [0.4, 0.5) is 5.69 Å². The molecule has 1 N–H and O–H groups in total. The summed E-state index contributed by atoms with van der Waals surface area (Å²) < 4.78 is 1.49. The first-order chi connectivity index (χ1) is 13.6. The van der Waals surface area contributed by atoms with Gasteiger partial charge in [0.1, 0.15) is 4.83 Å². The molecule has 0 bridgehead atoms. The number of carbonyl (C=O) groups is 1. The first-order valence-electron chi connectivity index (χ1n) is 8.69. The van der Waals surface area contributed by atoms with Gasteiger partial charge in [-0.1, -0.05) is 41.9 Å². The topological polar surface area (TPSA) is 64.0 Å². The van der Waals surface area contributed by atoms with Gasteiger partial charge in [-0.05, 0) is 29.8 Å². The molecule has 4 rings (SSSR count). The Balaban J connectivity index is 1.57. The molecule has 0 radical (unpaired) electrons. The van der Waals surface area contributed by atoms with E-state index in [1.807, 2.05) is 47.8 Å². The van der Waals surface area contributed by atoms with Crippen LogP contribution >= 0.6 is 22.9 Å². The van der Waals surface area contributed by atoms with Crippen molar-refractivity contribution in [3.8, 4) is 11.1 Å². The van der Waals surface area contributed by atoms with Gasteiger partial charge in [-0.3, -0.25) is 14.2 Å². The number of anilines is 1. The minimum Gasteiger partial charge on any atom is -0.326 e. The smallest absolute Gasteiger partial charge is 0.262 e. The maximum atomic E-state index is 13.0. The summed E-state index contributed by atoms with van der Waals surface area (Å²) in [6.07, 6.45) is 1.69. The van der Waals surface area contributed by atoms with Crippen LogP contribution in [0.3, 0.4) is 0 Å². The van der Waals surface area contributed by atoms with Crippen molar-refractivity contribution in [1.82, 2.24) is 9.55 Å². The summed E-state index contributed by atoms with van der Waals surface area (Å²) in [6, 6.07) is 16.6. The van der Waals surface area contributed by atoms with E-state index in [0.717, 1.165) is 16.8 Å². The molecule has 4 aromatic rings. The molecule has 7 heteroatoms. The van der Waals surface area contributed by atoms with Crippen LogP contribution in [0.2, 0.25) is 5.02 Å². The molecule has 140 valence electrons. The second-order valence-corrected chi connectivity index (χ2v) is 7.54. The van der Waals surface area contributed by atoms with Crippen molar-refractivity contribution in [3.63, 3.8) is 0 Å². The lowest BCUT2D eigenvalue weighted by atomic mass is 10.1. The minimum absolute atomic E-state index is 0.149. The van der Waals surface area contributed by atoms with Crippen LogP contribution in [0.1, 0.15) is 6.42 Å². The highest BCUT2D eigenvalue weighted by Gasteiger charge is 2.14. The number of aromatic nitrogens is 2. The van der Waals surface area contributed by atoms with E-state index in [0.29, 0.717) is 15.2 Å². The van der Waals surface area contributed by atoms with Crippen molar-refractivity contribution in [2.75, 3.05) is 5.32 Å². The number of hydrogen-bond acceptors (Lipinski definition) is 4. The van der Waals surface area contributed by atoms with E-state index in [1.165, 1.54) is 22.2 Å². The normalized spacial score (nSPS) is 10.9. The summed E-state index contributed by atoms with van der Waals surface area (Å²) in [7, 11) is 0. The van der Waals surface area contributed by atoms with Gasteiger partial charge in [0.2, 0.25) is 5.91 Å². The molecule has 0 aliphatic rings. The summed E-state index contributed by atoms with van der Waals surface area (Å²) in [5, 5.41) is 5.96. The molecule has 0 fully saturated rings. The lowest BCUT2D eigenvalue weighted by Crippen LogP contribution is -2.23. The third kappa shape index (κ3) is 3.83. The Morgan fingerprint density at radius 1 is 1.11 bits per heavy atom. The van der Waals surface area contributed by atoms with E-state index in [-0.39, 0.29) is 24.4 Å². The molecule has 0 aliphatic heterocycles. The first kappa shape index (κ1) is 18.4. The van der Waals surface area contributed by atoms with Gasteiger partial charge in [0.05, 0.1) is 11.7 Å². The van der Waals surface area contributed by atoms with Crippen LogP contribution < -0.4 is 10.9 Å². The van der Waals surface area contributed by atoms with Crippen LogP contribution in [0.25, 0.3) is 21.3 Å². The number of halogens is 1. The van der Waals surface area contributed by atoms with Gasteiger partial charge in [-0.25, -0.2) is 4.98 Å². The highest BCUT2D eigenvalue weighted by Crippen LogP contribution is 2.31. The average Bonchev–Trinajstić information content (AvgIpc) is 3.14. The zero-order valence-corrected chi connectivity index (χ0v) is 16.3. The Morgan fingerprint density at radius 3 is 2.61 bits per heavy atom. The number of rotatable bonds is 5. The fraction of sp³-hybridized carbons (Fsp3) is 0.0952. The lowest BCUT2D eigenvalue weighted by molar-refractivity contribution is -0.116. The van der Waals surface area contributed by atoms with Gasteiger partial charge < -0.3 is 5.32 Å². The van der Waals surface area contributed by atoms with Crippen molar-refractivity contribution in [2.45, 2.75) is 13.0 Å². The van der Waals surface area contributed by atoms with Crippen LogP contribution in [0.15, 0.2) is 71.1 Å². The fourth-order valence-corrected chi connectivity index (χ4v) is 3.97. The van der Waals surface area contributed by atoms with Gasteiger partial charge in [0.25, 0.3) is 5.56 Å². The quantitative estimate of drug-likeness (QED) is 0.514. The number of aryl methyl sites for hydroxylation is 1. The van der Waals surface area contributed by atoms with Crippen molar-refractivity contribution >= 4 is 44.7 Å². The maximum Gasteiger partial charge on any atom is 0.262 e. The number of nitrogens with one attached hydrogen (secondary N) is 1. The number of para-hydroxylation sites is 1. The first-order valence-corrected chi connectivity index (χ1v) is 9.95. The summed E-state index contributed by atoms with van der Waals surface area (Å²) in [5.41, 5.74) is 2.33. The molecule has 0 atom stereocenters. The number of nitrogens with zero attached hydrogens (tertiary/aromatic N) is 2. The van der Waals surface area contributed by atoms with Crippen molar-refractivity contribution in [1.29, 1.82) is 0 Å². The molecule has 2 heterocycles. The molecule has 0 saturated carbocycles. The summed E-state index contributed by atoms with van der Waals surface area (Å²) in [6.45, 7) is 0.260. The molecule has 0 saturated heterocycles. The zero-order valence-electron chi connectivity index (χ0n) is 14.8. The second-order valence-electron chi connectivity index (χ2n) is 6.24. The van der Waals surface area contributed by atoms with Crippen LogP contribution in [0, 0.1) is 0 Å². The average molecular weight is 410 g/mol. The zero-order chi connectivity index (χ0) is 19.5. The minimum atomic E-state index is -0.151. The lowest BCUT2D eigenvalue weighted by Gasteiger charge is -2.07. The highest BCUT2D eigenvalue weighted by atomic mass is 35.5. The van der Waals surface area contributed by atoms with Gasteiger partial charge in [0.15, 0.2) is 0 Å². The maximum absolute atomic E-state index is 13.0. The predicted molar refractivity (Wildman–Crippen MR) is 114 cm³/mol. The Bertz CT molecular complexity index is 1180. The van der Waals surface area contributed by atoms with E-state index < -0.39 is 0 Å². The van der Waals surface area contributed by atoms with Crippen LogP contribution in [-0.4, -0.2) is 15.5 Å². The Morgan fingerprint density at radius 2 is 1.86 bits per heavy atom. The van der Waals surface area contributed by atoms with Gasteiger partial charge in [-0.15, -0.1) is 11.3 Å². The van der Waals surface area contributed by atoms with Gasteiger partial charge >= 0.3 is 0 Å². The standard InChI is InChI=1S/C21H16ClN3O2S/c22-15-8-6-14(7-9-15)17-12-28-20-19(17)21(27)25(13-23-20)11-10-18(26)24-16-4-2-1-3-5-16/h1-9,12-13H,10-11H2,(H,24,26). The molecule has 28 heavy (non-hydrogen) atoms. The third-order valence-corrected chi connectivity index (χ3v) is 5.49. The Labute approximate surface area is 170 Å². The molecule has 0 unspecified atom stereocenters. The number of thiophene rings is 1. The highest BCUT2D eigenvalue weighted by molar-refractivity contribution is 7.17. The monoisotopic (exact) mass is 409 g/mol. The molecule has 2 aromatic heterocycles. The van der Waals surface area contributed by atoms with Crippen LogP contribution in [0.5, 0.6) is 0 Å². The Hall–Kier alpha value is -2.96. The fourth-order valence-electron chi connectivity index (χ4n) is 2.94. The third-order valence-electron chi connectivity index (χ3n) is 4.35. The summed E-state index contributed by atoms with van der Waals surface area (Å²) in [5.74, 6) is -0.151. The molecule has 2 aromatic carbocycles. The molecule has 1 amide bonds. The van der Waals surface area contributed by atoms with Gasteiger partial charge in [-0.2, -0.15) is 0 Å². The molecule has 0 aliphatic carbocycles. The van der Waals surface area contributed by atoms with E-state index in [9.17, 15) is 9.59 Å². The van der Waals surface area contributed by atoms with Crippen molar-refractivity contribution in [3.05, 3.63) is 81.7 Å². The summed E-state index contributed by atoms with van der Waals surface area (Å²) >= 11 is 7.39. The summed E-state index contributed by atoms with van der Waals surface area (Å²) in [4.78, 5) is 30.2. The molecule has 5 nitrogen and oxygen atoms in total. The van der Waals surface area contributed by atoms with Gasteiger partial charge in [0, 0.05) is 34.6 Å². The van der Waals surface area contributed by atoms with Crippen LogP contribution in [-0.2, 0) is 11.3 Å². The number of fused-ring (bicyclic) bond motifs is 1. The number of hydrogen-bond donors (Lipinski definition) is 1. The predicted octanol–water partition coefficient (Wildman–Crippen LogP) is 4.81. The largest absolute Gasteiger partial charge is 0.326 e. The molecular formula is C21H16ClN3O2S. The molecule has 0 spiro atoms. The number of amides is 1.